The third-order valence-electron chi connectivity index (χ3n) is 3.28. The highest BCUT2D eigenvalue weighted by molar-refractivity contribution is 6.11. The number of hydrogen-bond acceptors (Lipinski definition) is 2. The maximum Gasteiger partial charge on any atom is 0.257 e. The molecule has 0 radical (unpaired) electrons. The average molecular weight is 278 g/mol. The Morgan fingerprint density at radius 1 is 1.05 bits per heavy atom. The Labute approximate surface area is 121 Å². The lowest BCUT2D eigenvalue weighted by Crippen LogP contribution is -2.14. The van der Waals surface area contributed by atoms with Crippen LogP contribution in [0.3, 0.4) is 0 Å². The molecule has 1 aromatic heterocycles. The molecule has 104 valence electrons. The molecule has 0 spiro atoms. The standard InChI is InChI=1S/C17H14N2O2/c1-11-10-15(20)13-8-5-9-14(16(13)18-11)17(21)19-12-6-3-2-4-7-12/h2-10H,1H3,(H,18,20)(H,19,21). The molecule has 0 bridgehead atoms. The van der Waals surface area contributed by atoms with Crippen LogP contribution >= 0.6 is 0 Å². The van der Waals surface area contributed by atoms with Gasteiger partial charge >= 0.3 is 0 Å². The molecule has 21 heavy (non-hydrogen) atoms. The summed E-state index contributed by atoms with van der Waals surface area (Å²) in [5, 5.41) is 3.34. The predicted octanol–water partition coefficient (Wildman–Crippen LogP) is 3.09. The van der Waals surface area contributed by atoms with Crippen molar-refractivity contribution >= 4 is 22.5 Å². The molecule has 2 aromatic carbocycles. The van der Waals surface area contributed by atoms with Crippen LogP contribution in [0.1, 0.15) is 16.1 Å². The molecule has 0 aliphatic carbocycles. The van der Waals surface area contributed by atoms with Crippen LogP contribution in [0.4, 0.5) is 5.69 Å². The normalized spacial score (nSPS) is 10.5. The van der Waals surface area contributed by atoms with E-state index in [0.717, 1.165) is 11.4 Å². The Balaban J connectivity index is 2.08. The summed E-state index contributed by atoms with van der Waals surface area (Å²) in [6.45, 7) is 1.80. The maximum atomic E-state index is 12.4. The molecule has 0 saturated heterocycles. The van der Waals surface area contributed by atoms with Crippen LogP contribution in [0.15, 0.2) is 59.4 Å². The number of carbonyl (C=O) groups excluding carboxylic acids is 1. The second-order valence-corrected chi connectivity index (χ2v) is 4.86. The molecular formula is C17H14N2O2. The van der Waals surface area contributed by atoms with Crippen LogP contribution < -0.4 is 10.7 Å². The summed E-state index contributed by atoms with van der Waals surface area (Å²) >= 11 is 0. The molecule has 1 heterocycles. The van der Waals surface area contributed by atoms with Gasteiger partial charge in [0.05, 0.1) is 11.1 Å². The number of amides is 1. The number of pyridine rings is 1. The van der Waals surface area contributed by atoms with Gasteiger partial charge in [0.1, 0.15) is 0 Å². The van der Waals surface area contributed by atoms with Crippen molar-refractivity contribution in [1.82, 2.24) is 4.98 Å². The van der Waals surface area contributed by atoms with Gasteiger partial charge < -0.3 is 10.3 Å². The number of carbonyl (C=O) groups is 1. The van der Waals surface area contributed by atoms with Crippen LogP contribution in [-0.2, 0) is 0 Å². The van der Waals surface area contributed by atoms with Gasteiger partial charge in [-0.25, -0.2) is 0 Å². The number of aromatic nitrogens is 1. The summed E-state index contributed by atoms with van der Waals surface area (Å²) in [5.74, 6) is -0.243. The quantitative estimate of drug-likeness (QED) is 0.756. The lowest BCUT2D eigenvalue weighted by Gasteiger charge is -2.08. The van der Waals surface area contributed by atoms with Gasteiger partial charge in [-0.1, -0.05) is 24.3 Å². The monoisotopic (exact) mass is 278 g/mol. The number of benzene rings is 2. The zero-order valence-electron chi connectivity index (χ0n) is 11.5. The minimum absolute atomic E-state index is 0.0874. The predicted molar refractivity (Wildman–Crippen MR) is 83.7 cm³/mol. The minimum atomic E-state index is -0.243. The summed E-state index contributed by atoms with van der Waals surface area (Å²) in [6.07, 6.45) is 0. The number of fused-ring (bicyclic) bond motifs is 1. The van der Waals surface area contributed by atoms with E-state index in [4.69, 9.17) is 0 Å². The van der Waals surface area contributed by atoms with Gasteiger partial charge in [0, 0.05) is 22.8 Å². The molecule has 1 amide bonds. The number of para-hydroxylation sites is 2. The Morgan fingerprint density at radius 2 is 1.81 bits per heavy atom. The lowest BCUT2D eigenvalue weighted by atomic mass is 10.1. The fourth-order valence-corrected chi connectivity index (χ4v) is 2.31. The summed E-state index contributed by atoms with van der Waals surface area (Å²) in [6, 6.07) is 15.9. The Kier molecular flexibility index (Phi) is 3.28. The fraction of sp³-hybridized carbons (Fsp3) is 0.0588. The van der Waals surface area contributed by atoms with Gasteiger partial charge in [-0.15, -0.1) is 0 Å². The zero-order chi connectivity index (χ0) is 14.8. The van der Waals surface area contributed by atoms with Crippen molar-refractivity contribution in [2.24, 2.45) is 0 Å². The van der Waals surface area contributed by atoms with Crippen LogP contribution in [0, 0.1) is 6.92 Å². The number of hydrogen-bond donors (Lipinski definition) is 2. The van der Waals surface area contributed by atoms with Crippen LogP contribution in [0.25, 0.3) is 10.9 Å². The average Bonchev–Trinajstić information content (AvgIpc) is 2.47. The van der Waals surface area contributed by atoms with E-state index in [-0.39, 0.29) is 11.3 Å². The molecule has 4 nitrogen and oxygen atoms in total. The first-order valence-corrected chi connectivity index (χ1v) is 6.64. The second-order valence-electron chi connectivity index (χ2n) is 4.86. The SMILES string of the molecule is Cc1cc(=O)c2cccc(C(=O)Nc3ccccc3)c2[nH]1. The van der Waals surface area contributed by atoms with E-state index in [1.54, 1.807) is 25.1 Å². The summed E-state index contributed by atoms with van der Waals surface area (Å²) in [4.78, 5) is 27.5. The molecule has 0 fully saturated rings. The van der Waals surface area contributed by atoms with Crippen LogP contribution in [0.5, 0.6) is 0 Å². The van der Waals surface area contributed by atoms with Gasteiger partial charge in [0.25, 0.3) is 5.91 Å². The number of rotatable bonds is 2. The van der Waals surface area contributed by atoms with Gasteiger partial charge in [-0.05, 0) is 31.2 Å². The molecule has 0 unspecified atom stereocenters. The molecule has 3 rings (SSSR count). The van der Waals surface area contributed by atoms with E-state index in [9.17, 15) is 9.59 Å². The number of aryl methyl sites for hydroxylation is 1. The Hall–Kier alpha value is -2.88. The zero-order valence-corrected chi connectivity index (χ0v) is 11.5. The summed E-state index contributed by atoms with van der Waals surface area (Å²) < 4.78 is 0. The van der Waals surface area contributed by atoms with Crippen molar-refractivity contribution in [1.29, 1.82) is 0 Å². The highest BCUT2D eigenvalue weighted by Gasteiger charge is 2.12. The van der Waals surface area contributed by atoms with E-state index in [1.807, 2.05) is 30.3 Å². The Bertz CT molecular complexity index is 867. The number of H-pyrrole nitrogens is 1. The highest BCUT2D eigenvalue weighted by atomic mass is 16.1. The minimum Gasteiger partial charge on any atom is -0.358 e. The first-order valence-electron chi connectivity index (χ1n) is 6.64. The van der Waals surface area contributed by atoms with Crippen molar-refractivity contribution in [3.63, 3.8) is 0 Å². The molecule has 3 aromatic rings. The first-order chi connectivity index (χ1) is 10.1. The Morgan fingerprint density at radius 3 is 2.57 bits per heavy atom. The molecule has 0 saturated carbocycles. The van der Waals surface area contributed by atoms with Gasteiger partial charge in [-0.3, -0.25) is 9.59 Å². The van der Waals surface area contributed by atoms with E-state index in [2.05, 4.69) is 10.3 Å². The molecule has 0 aliphatic rings. The van der Waals surface area contributed by atoms with E-state index >= 15 is 0 Å². The molecule has 0 atom stereocenters. The summed E-state index contributed by atoms with van der Waals surface area (Å²) in [5.41, 5.74) is 2.38. The number of anilines is 1. The third kappa shape index (κ3) is 2.56. The van der Waals surface area contributed by atoms with Crippen molar-refractivity contribution in [3.05, 3.63) is 76.1 Å². The third-order valence-corrected chi connectivity index (χ3v) is 3.28. The van der Waals surface area contributed by atoms with Crippen molar-refractivity contribution < 1.29 is 4.79 Å². The van der Waals surface area contributed by atoms with Crippen LogP contribution in [0.2, 0.25) is 0 Å². The smallest absolute Gasteiger partial charge is 0.257 e. The first kappa shape index (κ1) is 13.1. The maximum absolute atomic E-state index is 12.4. The second kappa shape index (κ2) is 5.25. The lowest BCUT2D eigenvalue weighted by molar-refractivity contribution is 0.102. The molecular weight excluding hydrogens is 264 g/mol. The van der Waals surface area contributed by atoms with Gasteiger partial charge in [-0.2, -0.15) is 0 Å². The summed E-state index contributed by atoms with van der Waals surface area (Å²) in [7, 11) is 0. The fourth-order valence-electron chi connectivity index (χ4n) is 2.31. The van der Waals surface area contributed by atoms with E-state index in [1.165, 1.54) is 6.07 Å². The largest absolute Gasteiger partial charge is 0.358 e. The molecule has 4 heteroatoms. The highest BCUT2D eigenvalue weighted by Crippen LogP contribution is 2.16. The van der Waals surface area contributed by atoms with E-state index in [0.29, 0.717) is 16.5 Å². The number of aromatic amines is 1. The van der Waals surface area contributed by atoms with Crippen LogP contribution in [-0.4, -0.2) is 10.9 Å². The molecule has 2 N–H and O–H groups in total. The van der Waals surface area contributed by atoms with Crippen molar-refractivity contribution in [2.45, 2.75) is 6.92 Å². The number of nitrogens with one attached hydrogen (secondary N) is 2. The van der Waals surface area contributed by atoms with Gasteiger partial charge in [0.15, 0.2) is 5.43 Å². The molecule has 0 aliphatic heterocycles. The van der Waals surface area contributed by atoms with E-state index < -0.39 is 0 Å². The van der Waals surface area contributed by atoms with Gasteiger partial charge in [0.2, 0.25) is 0 Å². The van der Waals surface area contributed by atoms with Crippen molar-refractivity contribution in [3.8, 4) is 0 Å². The van der Waals surface area contributed by atoms with Crippen molar-refractivity contribution in [2.75, 3.05) is 5.32 Å². The topological polar surface area (TPSA) is 62.0 Å².